The van der Waals surface area contributed by atoms with Crippen LogP contribution < -0.4 is 5.32 Å². The van der Waals surface area contributed by atoms with Crippen LogP contribution in [0.15, 0.2) is 24.5 Å². The van der Waals surface area contributed by atoms with Crippen molar-refractivity contribution in [2.75, 3.05) is 6.54 Å². The molecule has 0 aliphatic rings. The highest BCUT2D eigenvalue weighted by Crippen LogP contribution is 2.25. The lowest BCUT2D eigenvalue weighted by molar-refractivity contribution is -0.122. The van der Waals surface area contributed by atoms with Crippen LogP contribution >= 0.6 is 0 Å². The molecule has 1 aromatic heterocycles. The maximum absolute atomic E-state index is 11.8. The van der Waals surface area contributed by atoms with Gasteiger partial charge in [-0.2, -0.15) is 0 Å². The molecule has 4 heteroatoms. The summed E-state index contributed by atoms with van der Waals surface area (Å²) in [5.41, 5.74) is 0.789. The van der Waals surface area contributed by atoms with E-state index in [9.17, 15) is 9.90 Å². The second-order valence-electron chi connectivity index (χ2n) is 6.31. The number of hydrogen-bond acceptors (Lipinski definition) is 3. The average molecular weight is 278 g/mol. The molecule has 20 heavy (non-hydrogen) atoms. The highest BCUT2D eigenvalue weighted by atomic mass is 16.3. The van der Waals surface area contributed by atoms with E-state index in [4.69, 9.17) is 0 Å². The van der Waals surface area contributed by atoms with Crippen molar-refractivity contribution in [3.05, 3.63) is 30.1 Å². The second kappa shape index (κ2) is 7.39. The molecule has 112 valence electrons. The molecule has 1 heterocycles. The molecule has 0 fully saturated rings. The van der Waals surface area contributed by atoms with Gasteiger partial charge in [0.2, 0.25) is 5.91 Å². The molecular formula is C16H26N2O2. The van der Waals surface area contributed by atoms with E-state index >= 15 is 0 Å². The van der Waals surface area contributed by atoms with Crippen LogP contribution in [0.1, 0.15) is 39.7 Å². The number of carbonyl (C=O) groups is 1. The van der Waals surface area contributed by atoms with E-state index in [1.54, 1.807) is 12.4 Å². The normalized spacial score (nSPS) is 13.3. The van der Waals surface area contributed by atoms with Gasteiger partial charge in [0.15, 0.2) is 0 Å². The van der Waals surface area contributed by atoms with Crippen molar-refractivity contribution in [3.8, 4) is 0 Å². The predicted octanol–water partition coefficient (Wildman–Crippen LogP) is 2.17. The smallest absolute Gasteiger partial charge is 0.220 e. The van der Waals surface area contributed by atoms with E-state index in [-0.39, 0.29) is 17.2 Å². The fourth-order valence-corrected chi connectivity index (χ4v) is 2.23. The lowest BCUT2D eigenvalue weighted by Gasteiger charge is -2.33. The van der Waals surface area contributed by atoms with Crippen LogP contribution in [0.5, 0.6) is 0 Å². The Kier molecular flexibility index (Phi) is 6.14. The van der Waals surface area contributed by atoms with Gasteiger partial charge in [-0.3, -0.25) is 9.78 Å². The first-order chi connectivity index (χ1) is 9.33. The van der Waals surface area contributed by atoms with Crippen LogP contribution in [0.3, 0.4) is 0 Å². The quantitative estimate of drug-likeness (QED) is 0.803. The van der Waals surface area contributed by atoms with Crippen LogP contribution in [-0.4, -0.2) is 28.6 Å². The van der Waals surface area contributed by atoms with Gasteiger partial charge in [0.05, 0.1) is 6.10 Å². The van der Waals surface area contributed by atoms with Crippen molar-refractivity contribution in [3.63, 3.8) is 0 Å². The van der Waals surface area contributed by atoms with Gasteiger partial charge in [-0.1, -0.05) is 27.7 Å². The number of hydrogen-bond donors (Lipinski definition) is 2. The predicted molar refractivity (Wildman–Crippen MR) is 80.2 cm³/mol. The molecule has 0 aromatic carbocycles. The van der Waals surface area contributed by atoms with Crippen LogP contribution in [0.2, 0.25) is 0 Å². The van der Waals surface area contributed by atoms with Gasteiger partial charge in [-0.05, 0) is 30.0 Å². The maximum atomic E-state index is 11.8. The van der Waals surface area contributed by atoms with E-state index in [1.165, 1.54) is 0 Å². The van der Waals surface area contributed by atoms with E-state index in [2.05, 4.69) is 10.3 Å². The summed E-state index contributed by atoms with van der Waals surface area (Å²) in [4.78, 5) is 15.8. The van der Waals surface area contributed by atoms with Gasteiger partial charge in [0, 0.05) is 30.8 Å². The van der Waals surface area contributed by atoms with Gasteiger partial charge in [-0.25, -0.2) is 0 Å². The first-order valence-corrected chi connectivity index (χ1v) is 7.16. The third kappa shape index (κ3) is 5.29. The topological polar surface area (TPSA) is 62.2 Å². The molecule has 1 atom stereocenters. The van der Waals surface area contributed by atoms with Gasteiger partial charge in [0.25, 0.3) is 0 Å². The molecule has 0 saturated carbocycles. The Hall–Kier alpha value is -1.42. The van der Waals surface area contributed by atoms with E-state index in [1.807, 2.05) is 39.8 Å². The van der Waals surface area contributed by atoms with Crippen molar-refractivity contribution in [1.82, 2.24) is 10.3 Å². The molecule has 1 aromatic rings. The van der Waals surface area contributed by atoms with Gasteiger partial charge >= 0.3 is 0 Å². The minimum atomic E-state index is -0.428. The van der Waals surface area contributed by atoms with Crippen LogP contribution in [0.25, 0.3) is 0 Å². The Labute approximate surface area is 121 Å². The zero-order chi connectivity index (χ0) is 15.2. The van der Waals surface area contributed by atoms with Crippen molar-refractivity contribution in [1.29, 1.82) is 0 Å². The highest BCUT2D eigenvalue weighted by Gasteiger charge is 2.30. The zero-order valence-corrected chi connectivity index (χ0v) is 12.9. The van der Waals surface area contributed by atoms with E-state index in [0.29, 0.717) is 19.4 Å². The third-order valence-corrected chi connectivity index (χ3v) is 3.56. The number of carbonyl (C=O) groups excluding carboxylic acids is 1. The number of amides is 1. The molecule has 0 aliphatic heterocycles. The Morgan fingerprint density at radius 1 is 1.35 bits per heavy atom. The SMILES string of the molecule is CC(C)C(O)C(C)(C)CNC(=O)CCc1ccncc1. The Bertz CT molecular complexity index is 416. The second-order valence-corrected chi connectivity index (χ2v) is 6.31. The van der Waals surface area contributed by atoms with E-state index in [0.717, 1.165) is 5.56 Å². The summed E-state index contributed by atoms with van der Waals surface area (Å²) in [7, 11) is 0. The Morgan fingerprint density at radius 3 is 2.50 bits per heavy atom. The molecule has 2 N–H and O–H groups in total. The first-order valence-electron chi connectivity index (χ1n) is 7.16. The van der Waals surface area contributed by atoms with Crippen molar-refractivity contribution in [2.45, 2.75) is 46.6 Å². The molecule has 0 spiro atoms. The summed E-state index contributed by atoms with van der Waals surface area (Å²) in [6.45, 7) is 8.40. The molecule has 0 radical (unpaired) electrons. The summed E-state index contributed by atoms with van der Waals surface area (Å²) in [5.74, 6) is 0.199. The van der Waals surface area contributed by atoms with E-state index < -0.39 is 6.10 Å². The molecule has 1 amide bonds. The summed E-state index contributed by atoms with van der Waals surface area (Å²) in [6.07, 6.45) is 4.20. The summed E-state index contributed by atoms with van der Waals surface area (Å²) < 4.78 is 0. The fraction of sp³-hybridized carbons (Fsp3) is 0.625. The fourth-order valence-electron chi connectivity index (χ4n) is 2.23. The molecule has 1 rings (SSSR count). The summed E-state index contributed by atoms with van der Waals surface area (Å²) in [5, 5.41) is 13.0. The number of aliphatic hydroxyl groups is 1. The van der Waals surface area contributed by atoms with Crippen molar-refractivity contribution in [2.24, 2.45) is 11.3 Å². The van der Waals surface area contributed by atoms with Crippen molar-refractivity contribution >= 4 is 5.91 Å². The lowest BCUT2D eigenvalue weighted by Crippen LogP contribution is -2.43. The molecule has 0 aliphatic carbocycles. The van der Waals surface area contributed by atoms with Gasteiger partial charge < -0.3 is 10.4 Å². The lowest BCUT2D eigenvalue weighted by atomic mass is 9.80. The number of aryl methyl sites for hydroxylation is 1. The highest BCUT2D eigenvalue weighted by molar-refractivity contribution is 5.76. The molecule has 4 nitrogen and oxygen atoms in total. The zero-order valence-electron chi connectivity index (χ0n) is 12.9. The van der Waals surface area contributed by atoms with Crippen LogP contribution in [0, 0.1) is 11.3 Å². The third-order valence-electron chi connectivity index (χ3n) is 3.56. The van der Waals surface area contributed by atoms with Crippen LogP contribution in [0.4, 0.5) is 0 Å². The molecule has 0 bridgehead atoms. The first kappa shape index (κ1) is 16.6. The largest absolute Gasteiger partial charge is 0.392 e. The van der Waals surface area contributed by atoms with Crippen LogP contribution in [-0.2, 0) is 11.2 Å². The van der Waals surface area contributed by atoms with Crippen molar-refractivity contribution < 1.29 is 9.90 Å². The number of nitrogens with one attached hydrogen (secondary N) is 1. The number of aliphatic hydroxyl groups excluding tert-OH is 1. The molecule has 1 unspecified atom stereocenters. The van der Waals surface area contributed by atoms with Gasteiger partial charge in [-0.15, -0.1) is 0 Å². The standard InChI is InChI=1S/C16H26N2O2/c1-12(2)15(20)16(3,4)11-18-14(19)6-5-13-7-9-17-10-8-13/h7-10,12,15,20H,5-6,11H2,1-4H3,(H,18,19). The minimum absolute atomic E-state index is 0.0193. The Balaban J connectivity index is 2.36. The summed E-state index contributed by atoms with van der Waals surface area (Å²) >= 11 is 0. The average Bonchev–Trinajstić information content (AvgIpc) is 2.43. The number of rotatable bonds is 7. The molecular weight excluding hydrogens is 252 g/mol. The molecule has 0 saturated heterocycles. The number of nitrogens with zero attached hydrogens (tertiary/aromatic N) is 1. The number of pyridine rings is 1. The summed E-state index contributed by atoms with van der Waals surface area (Å²) in [6, 6.07) is 3.83. The minimum Gasteiger partial charge on any atom is -0.392 e. The Morgan fingerprint density at radius 2 is 1.95 bits per heavy atom. The maximum Gasteiger partial charge on any atom is 0.220 e. The van der Waals surface area contributed by atoms with Gasteiger partial charge in [0.1, 0.15) is 0 Å². The monoisotopic (exact) mass is 278 g/mol. The number of aromatic nitrogens is 1.